The van der Waals surface area contributed by atoms with Crippen molar-refractivity contribution < 1.29 is 4.39 Å². The van der Waals surface area contributed by atoms with Crippen molar-refractivity contribution in [3.05, 3.63) is 35.1 Å². The molecule has 0 heterocycles. The van der Waals surface area contributed by atoms with Crippen LogP contribution in [0.4, 0.5) is 4.39 Å². The van der Waals surface area contributed by atoms with Gasteiger partial charge in [0.2, 0.25) is 0 Å². The molecule has 0 radical (unpaired) electrons. The average Bonchev–Trinajstić information content (AvgIpc) is 3.11. The zero-order valence-corrected chi connectivity index (χ0v) is 12.3. The van der Waals surface area contributed by atoms with Crippen LogP contribution in [-0.4, -0.2) is 22.5 Å². The second-order valence-electron chi connectivity index (χ2n) is 5.68. The summed E-state index contributed by atoms with van der Waals surface area (Å²) in [6.07, 6.45) is 2.65. The fraction of sp³-hybridized carbons (Fsp3) is 0.533. The highest BCUT2D eigenvalue weighted by Crippen LogP contribution is 2.30. The van der Waals surface area contributed by atoms with Gasteiger partial charge in [0.15, 0.2) is 0 Å². The fourth-order valence-electron chi connectivity index (χ4n) is 2.21. The van der Waals surface area contributed by atoms with E-state index in [2.05, 4.69) is 18.7 Å². The van der Waals surface area contributed by atoms with E-state index >= 15 is 0 Å². The van der Waals surface area contributed by atoms with Crippen molar-refractivity contribution in [2.75, 3.05) is 6.54 Å². The lowest BCUT2D eigenvalue weighted by molar-refractivity contribution is 0.203. The minimum absolute atomic E-state index is 0.249. The second kappa shape index (κ2) is 5.97. The predicted octanol–water partition coefficient (Wildman–Crippen LogP) is 3.08. The molecule has 0 aromatic heterocycles. The number of nitrogens with zero attached hydrogens (tertiary/aromatic N) is 1. The van der Waals surface area contributed by atoms with Gasteiger partial charge in [-0.15, -0.1) is 0 Å². The third kappa shape index (κ3) is 4.25. The third-order valence-electron chi connectivity index (χ3n) is 3.55. The van der Waals surface area contributed by atoms with Gasteiger partial charge in [-0.25, -0.2) is 4.39 Å². The molecule has 1 fully saturated rings. The largest absolute Gasteiger partial charge is 0.389 e. The van der Waals surface area contributed by atoms with E-state index in [0.29, 0.717) is 11.6 Å². The number of thiocarbonyl (C=S) groups is 1. The molecular weight excluding hydrogens is 259 g/mol. The van der Waals surface area contributed by atoms with Gasteiger partial charge in [0.05, 0.1) is 0 Å². The smallest absolute Gasteiger partial charge is 0.124 e. The van der Waals surface area contributed by atoms with Crippen LogP contribution in [0.25, 0.3) is 0 Å². The van der Waals surface area contributed by atoms with Crippen molar-refractivity contribution in [2.24, 2.45) is 11.7 Å². The van der Waals surface area contributed by atoms with Gasteiger partial charge < -0.3 is 5.73 Å². The first-order valence-corrected chi connectivity index (χ1v) is 7.20. The first kappa shape index (κ1) is 14.4. The molecule has 19 heavy (non-hydrogen) atoms. The summed E-state index contributed by atoms with van der Waals surface area (Å²) in [4.78, 5) is 2.63. The van der Waals surface area contributed by atoms with Crippen molar-refractivity contribution >= 4 is 17.2 Å². The maximum atomic E-state index is 13.6. The lowest BCUT2D eigenvalue weighted by Crippen LogP contribution is -2.32. The van der Waals surface area contributed by atoms with Crippen LogP contribution >= 0.6 is 12.2 Å². The summed E-state index contributed by atoms with van der Waals surface area (Å²) in [5.41, 5.74) is 7.14. The van der Waals surface area contributed by atoms with E-state index in [1.807, 2.05) is 6.07 Å². The molecule has 104 valence electrons. The summed E-state index contributed by atoms with van der Waals surface area (Å²) in [6.45, 7) is 6.20. The topological polar surface area (TPSA) is 29.3 Å². The van der Waals surface area contributed by atoms with Crippen LogP contribution in [0, 0.1) is 11.7 Å². The number of nitrogens with two attached hydrogens (primary N) is 1. The average molecular weight is 280 g/mol. The Bertz CT molecular complexity index is 469. The van der Waals surface area contributed by atoms with Crippen LogP contribution in [-0.2, 0) is 6.54 Å². The lowest BCUT2D eigenvalue weighted by Gasteiger charge is -2.26. The van der Waals surface area contributed by atoms with Crippen LogP contribution in [0.5, 0.6) is 0 Å². The molecule has 0 unspecified atom stereocenters. The number of rotatable bonds is 6. The Morgan fingerprint density at radius 1 is 1.42 bits per heavy atom. The first-order valence-electron chi connectivity index (χ1n) is 6.79. The summed E-state index contributed by atoms with van der Waals surface area (Å²) >= 11 is 4.92. The predicted molar refractivity (Wildman–Crippen MR) is 80.6 cm³/mol. The third-order valence-corrected chi connectivity index (χ3v) is 3.78. The van der Waals surface area contributed by atoms with Crippen molar-refractivity contribution in [3.63, 3.8) is 0 Å². The molecule has 0 spiro atoms. The standard InChI is InChI=1S/C15H21FN2S/c1-10(2)18(8-11-3-4-11)9-12-5-13(15(17)19)7-14(16)6-12/h5-7,10-11H,3-4,8-9H2,1-2H3,(H2,17,19). The number of hydrogen-bond donors (Lipinski definition) is 1. The monoisotopic (exact) mass is 280 g/mol. The number of hydrogen-bond acceptors (Lipinski definition) is 2. The van der Waals surface area contributed by atoms with Crippen LogP contribution < -0.4 is 5.73 Å². The zero-order valence-electron chi connectivity index (χ0n) is 11.5. The highest BCUT2D eigenvalue weighted by molar-refractivity contribution is 7.80. The van der Waals surface area contributed by atoms with Gasteiger partial charge in [0, 0.05) is 24.7 Å². The normalized spacial score (nSPS) is 15.2. The van der Waals surface area contributed by atoms with Gasteiger partial charge in [-0.1, -0.05) is 12.2 Å². The summed E-state index contributed by atoms with van der Waals surface area (Å²) in [7, 11) is 0. The van der Waals surface area contributed by atoms with Gasteiger partial charge in [0.25, 0.3) is 0 Å². The number of halogens is 1. The molecule has 1 aromatic rings. The van der Waals surface area contributed by atoms with Crippen LogP contribution in [0.1, 0.15) is 37.8 Å². The van der Waals surface area contributed by atoms with Gasteiger partial charge in [-0.05, 0) is 56.4 Å². The summed E-state index contributed by atoms with van der Waals surface area (Å²) in [5.74, 6) is 0.557. The highest BCUT2D eigenvalue weighted by atomic mass is 32.1. The van der Waals surface area contributed by atoms with Crippen LogP contribution in [0.3, 0.4) is 0 Å². The zero-order chi connectivity index (χ0) is 14.0. The Morgan fingerprint density at radius 3 is 2.63 bits per heavy atom. The van der Waals surface area contributed by atoms with Crippen molar-refractivity contribution in [1.82, 2.24) is 4.90 Å². The van der Waals surface area contributed by atoms with E-state index < -0.39 is 0 Å². The molecule has 0 aliphatic heterocycles. The molecule has 4 heteroatoms. The molecular formula is C15H21FN2S. The number of benzene rings is 1. The highest BCUT2D eigenvalue weighted by Gasteiger charge is 2.25. The Kier molecular flexibility index (Phi) is 4.53. The van der Waals surface area contributed by atoms with E-state index in [-0.39, 0.29) is 10.8 Å². The van der Waals surface area contributed by atoms with Gasteiger partial charge in [-0.2, -0.15) is 0 Å². The van der Waals surface area contributed by atoms with E-state index in [1.165, 1.54) is 18.9 Å². The fourth-order valence-corrected chi connectivity index (χ4v) is 2.33. The molecule has 2 nitrogen and oxygen atoms in total. The van der Waals surface area contributed by atoms with E-state index in [0.717, 1.165) is 24.6 Å². The Balaban J connectivity index is 2.13. The Morgan fingerprint density at radius 2 is 2.11 bits per heavy atom. The van der Waals surface area contributed by atoms with Gasteiger partial charge >= 0.3 is 0 Å². The minimum Gasteiger partial charge on any atom is -0.389 e. The van der Waals surface area contributed by atoms with Crippen molar-refractivity contribution in [3.8, 4) is 0 Å². The molecule has 0 saturated heterocycles. The molecule has 2 rings (SSSR count). The second-order valence-corrected chi connectivity index (χ2v) is 6.12. The molecule has 1 aliphatic carbocycles. The van der Waals surface area contributed by atoms with Gasteiger partial charge in [0.1, 0.15) is 10.8 Å². The van der Waals surface area contributed by atoms with Crippen LogP contribution in [0.15, 0.2) is 18.2 Å². The molecule has 0 amide bonds. The van der Waals surface area contributed by atoms with Crippen molar-refractivity contribution in [1.29, 1.82) is 0 Å². The van der Waals surface area contributed by atoms with E-state index in [1.54, 1.807) is 6.07 Å². The van der Waals surface area contributed by atoms with Crippen LogP contribution in [0.2, 0.25) is 0 Å². The lowest BCUT2D eigenvalue weighted by atomic mass is 10.1. The summed E-state index contributed by atoms with van der Waals surface area (Å²) in [5, 5.41) is 0. The molecule has 1 saturated carbocycles. The van der Waals surface area contributed by atoms with E-state index in [9.17, 15) is 4.39 Å². The maximum absolute atomic E-state index is 13.6. The minimum atomic E-state index is -0.268. The molecule has 0 atom stereocenters. The quantitative estimate of drug-likeness (QED) is 0.812. The molecule has 1 aromatic carbocycles. The molecule has 2 N–H and O–H groups in total. The summed E-state index contributed by atoms with van der Waals surface area (Å²) < 4.78 is 13.6. The van der Waals surface area contributed by atoms with Gasteiger partial charge in [-0.3, -0.25) is 4.90 Å². The summed E-state index contributed by atoms with van der Waals surface area (Å²) in [6, 6.07) is 5.32. The first-order chi connectivity index (χ1) is 8.95. The molecule has 1 aliphatic rings. The van der Waals surface area contributed by atoms with E-state index in [4.69, 9.17) is 18.0 Å². The molecule has 0 bridgehead atoms. The Labute approximate surface area is 119 Å². The Hall–Kier alpha value is -1.00. The SMILES string of the molecule is CC(C)N(Cc1cc(F)cc(C(N)=S)c1)CC1CC1. The van der Waals surface area contributed by atoms with Crippen molar-refractivity contribution in [2.45, 2.75) is 39.3 Å². The maximum Gasteiger partial charge on any atom is 0.124 e.